The fourth-order valence-corrected chi connectivity index (χ4v) is 5.73. The summed E-state index contributed by atoms with van der Waals surface area (Å²) >= 11 is 3.26. The van der Waals surface area contributed by atoms with E-state index in [2.05, 4.69) is 28.0 Å². The summed E-state index contributed by atoms with van der Waals surface area (Å²) < 4.78 is 29.8. The van der Waals surface area contributed by atoms with Gasteiger partial charge in [-0.05, 0) is 46.8 Å². The predicted molar refractivity (Wildman–Crippen MR) is 89.3 cm³/mol. The number of benzene rings is 1. The van der Waals surface area contributed by atoms with E-state index >= 15 is 0 Å². The molecule has 5 nitrogen and oxygen atoms in total. The molecule has 2 heterocycles. The Hall–Kier alpha value is -1.34. The third kappa shape index (κ3) is 2.36. The lowest BCUT2D eigenvalue weighted by Crippen LogP contribution is -2.46. The van der Waals surface area contributed by atoms with Gasteiger partial charge in [0.05, 0.1) is 5.69 Å². The van der Waals surface area contributed by atoms with E-state index in [1.807, 2.05) is 31.2 Å². The van der Waals surface area contributed by atoms with Gasteiger partial charge in [0.2, 0.25) is 0 Å². The van der Waals surface area contributed by atoms with Gasteiger partial charge in [-0.25, -0.2) is 8.42 Å². The van der Waals surface area contributed by atoms with Crippen LogP contribution in [0.2, 0.25) is 0 Å². The first-order valence-electron chi connectivity index (χ1n) is 7.14. The van der Waals surface area contributed by atoms with E-state index in [4.69, 9.17) is 0 Å². The van der Waals surface area contributed by atoms with Crippen LogP contribution in [0.3, 0.4) is 0 Å². The van der Waals surface area contributed by atoms with E-state index < -0.39 is 10.0 Å². The number of para-hydroxylation sites is 1. The fourth-order valence-electron chi connectivity index (χ4n) is 2.93. The van der Waals surface area contributed by atoms with E-state index in [0.29, 0.717) is 4.60 Å². The molecule has 0 amide bonds. The second kappa shape index (κ2) is 5.38. The molecule has 22 heavy (non-hydrogen) atoms. The molecular formula is C15H18BrN3O2S. The zero-order chi connectivity index (χ0) is 16.1. The number of rotatable bonds is 2. The Bertz CT molecular complexity index is 816. The zero-order valence-electron chi connectivity index (χ0n) is 12.7. The number of halogens is 1. The highest BCUT2D eigenvalue weighted by atomic mass is 79.9. The second-order valence-electron chi connectivity index (χ2n) is 5.81. The van der Waals surface area contributed by atoms with Crippen LogP contribution in [0.15, 0.2) is 40.0 Å². The number of hydrogen-bond acceptors (Lipinski definition) is 3. The lowest BCUT2D eigenvalue weighted by molar-refractivity contribution is 0.456. The van der Waals surface area contributed by atoms with Gasteiger partial charge in [0.1, 0.15) is 9.50 Å². The molecule has 3 rings (SSSR count). The highest BCUT2D eigenvalue weighted by Gasteiger charge is 2.38. The van der Waals surface area contributed by atoms with E-state index in [-0.39, 0.29) is 16.9 Å². The molecule has 1 aliphatic rings. The van der Waals surface area contributed by atoms with Crippen molar-refractivity contribution >= 4 is 31.6 Å². The molecule has 7 heteroatoms. The van der Waals surface area contributed by atoms with Crippen LogP contribution in [0, 0.1) is 5.92 Å². The molecule has 2 aromatic rings. The molecule has 0 saturated carbocycles. The van der Waals surface area contributed by atoms with E-state index in [9.17, 15) is 8.42 Å². The van der Waals surface area contributed by atoms with Crippen molar-refractivity contribution in [3.05, 3.63) is 40.6 Å². The minimum atomic E-state index is -3.66. The van der Waals surface area contributed by atoms with Crippen LogP contribution in [0.4, 0.5) is 5.69 Å². The van der Waals surface area contributed by atoms with Crippen LogP contribution in [0.5, 0.6) is 0 Å². The molecule has 0 fully saturated rings. The average Bonchev–Trinajstić information content (AvgIpc) is 2.79. The van der Waals surface area contributed by atoms with E-state index in [1.54, 1.807) is 7.05 Å². The molecule has 0 saturated heterocycles. The number of hydrogen-bond donors (Lipinski definition) is 0. The molecule has 0 bridgehead atoms. The minimum Gasteiger partial charge on any atom is -0.273 e. The summed E-state index contributed by atoms with van der Waals surface area (Å²) in [5, 5.41) is 4.10. The van der Waals surface area contributed by atoms with Crippen LogP contribution in [0.25, 0.3) is 0 Å². The van der Waals surface area contributed by atoms with Crippen LogP contribution in [-0.4, -0.2) is 24.2 Å². The Morgan fingerprint density at radius 3 is 2.59 bits per heavy atom. The number of nitrogens with zero attached hydrogens (tertiary/aromatic N) is 3. The van der Waals surface area contributed by atoms with Crippen molar-refractivity contribution in [2.24, 2.45) is 13.0 Å². The van der Waals surface area contributed by atoms with Crippen molar-refractivity contribution in [1.29, 1.82) is 0 Å². The minimum absolute atomic E-state index is 0.105. The van der Waals surface area contributed by atoms with Gasteiger partial charge in [-0.15, -0.1) is 0 Å². The van der Waals surface area contributed by atoms with Crippen LogP contribution >= 0.6 is 15.9 Å². The molecule has 1 aliphatic heterocycles. The largest absolute Gasteiger partial charge is 0.273 e. The van der Waals surface area contributed by atoms with Gasteiger partial charge in [-0.1, -0.05) is 25.1 Å². The first-order chi connectivity index (χ1) is 10.3. The van der Waals surface area contributed by atoms with Crippen LogP contribution in [0.1, 0.15) is 19.4 Å². The topological polar surface area (TPSA) is 55.2 Å². The van der Waals surface area contributed by atoms with E-state index in [0.717, 1.165) is 17.7 Å². The maximum Gasteiger partial charge on any atom is 0.268 e. The van der Waals surface area contributed by atoms with Gasteiger partial charge >= 0.3 is 0 Å². The lowest BCUT2D eigenvalue weighted by atomic mass is 9.90. The molecule has 1 aromatic heterocycles. The first kappa shape index (κ1) is 15.6. The Morgan fingerprint density at radius 1 is 1.27 bits per heavy atom. The van der Waals surface area contributed by atoms with Crippen molar-refractivity contribution in [2.45, 2.75) is 31.2 Å². The van der Waals surface area contributed by atoms with Crippen molar-refractivity contribution < 1.29 is 8.42 Å². The molecule has 0 spiro atoms. The maximum absolute atomic E-state index is 13.2. The normalized spacial score (nSPS) is 21.7. The average molecular weight is 384 g/mol. The van der Waals surface area contributed by atoms with Gasteiger partial charge in [-0.3, -0.25) is 8.99 Å². The summed E-state index contributed by atoms with van der Waals surface area (Å²) in [7, 11) is -1.96. The summed E-state index contributed by atoms with van der Waals surface area (Å²) in [4.78, 5) is 0.200. The van der Waals surface area contributed by atoms with E-state index in [1.165, 1.54) is 15.2 Å². The molecule has 1 aromatic carbocycles. The molecular weight excluding hydrogens is 366 g/mol. The maximum atomic E-state index is 13.2. The summed E-state index contributed by atoms with van der Waals surface area (Å²) in [5.74, 6) is 0.250. The second-order valence-corrected chi connectivity index (χ2v) is 8.34. The summed E-state index contributed by atoms with van der Waals surface area (Å²) in [6, 6.07) is 7.60. The van der Waals surface area contributed by atoms with Crippen molar-refractivity contribution in [3.8, 4) is 0 Å². The molecule has 2 unspecified atom stereocenters. The van der Waals surface area contributed by atoms with Crippen LogP contribution < -0.4 is 4.31 Å². The highest BCUT2D eigenvalue weighted by Crippen LogP contribution is 2.38. The summed E-state index contributed by atoms with van der Waals surface area (Å²) in [6.07, 6.45) is 2.42. The Kier molecular flexibility index (Phi) is 3.81. The lowest BCUT2D eigenvalue weighted by Gasteiger charge is -2.39. The summed E-state index contributed by atoms with van der Waals surface area (Å²) in [5.41, 5.74) is 1.83. The zero-order valence-corrected chi connectivity index (χ0v) is 15.1. The molecule has 118 valence electrons. The third-order valence-corrected chi connectivity index (χ3v) is 7.00. The number of anilines is 1. The van der Waals surface area contributed by atoms with Gasteiger partial charge in [0.25, 0.3) is 10.0 Å². The standard InChI is InChI=1S/C15H18BrN3O2S/c1-10-8-12-6-4-5-7-13(12)19(11(10)2)22(20,21)14-9-18(3)17-15(14)16/h4-7,9-11H,8H2,1-3H3. The summed E-state index contributed by atoms with van der Waals surface area (Å²) in [6.45, 7) is 4.05. The Morgan fingerprint density at radius 2 is 1.95 bits per heavy atom. The SMILES string of the molecule is CC1Cc2ccccc2N(S(=O)(=O)c2cn(C)nc2Br)C1C. The Labute approximate surface area is 139 Å². The molecule has 0 N–H and O–H groups in total. The molecule has 2 atom stereocenters. The number of aromatic nitrogens is 2. The van der Waals surface area contributed by atoms with Gasteiger partial charge < -0.3 is 0 Å². The van der Waals surface area contributed by atoms with Crippen molar-refractivity contribution in [3.63, 3.8) is 0 Å². The van der Waals surface area contributed by atoms with Gasteiger partial charge in [0.15, 0.2) is 0 Å². The number of fused-ring (bicyclic) bond motifs is 1. The van der Waals surface area contributed by atoms with Crippen LogP contribution in [-0.2, 0) is 23.5 Å². The van der Waals surface area contributed by atoms with Crippen molar-refractivity contribution in [2.75, 3.05) is 4.31 Å². The first-order valence-corrected chi connectivity index (χ1v) is 9.37. The molecule has 0 aliphatic carbocycles. The third-order valence-electron chi connectivity index (χ3n) is 4.25. The smallest absolute Gasteiger partial charge is 0.268 e. The highest BCUT2D eigenvalue weighted by molar-refractivity contribution is 9.10. The quantitative estimate of drug-likeness (QED) is 0.800. The van der Waals surface area contributed by atoms with Crippen molar-refractivity contribution in [1.82, 2.24) is 9.78 Å². The number of sulfonamides is 1. The number of aryl methyl sites for hydroxylation is 1. The predicted octanol–water partition coefficient (Wildman–Crippen LogP) is 2.96. The Balaban J connectivity index is 2.19. The molecule has 0 radical (unpaired) electrons. The fraction of sp³-hybridized carbons (Fsp3) is 0.400. The van der Waals surface area contributed by atoms with Gasteiger partial charge in [-0.2, -0.15) is 5.10 Å². The monoisotopic (exact) mass is 383 g/mol. The van der Waals surface area contributed by atoms with Gasteiger partial charge in [0, 0.05) is 19.3 Å².